The minimum absolute atomic E-state index is 0.185. The number of carbonyl (C=O) groups excluding carboxylic acids is 1. The van der Waals surface area contributed by atoms with E-state index in [9.17, 15) is 4.79 Å². The molecule has 6 heteroatoms. The number of amides is 1. The van der Waals surface area contributed by atoms with Crippen molar-refractivity contribution in [2.24, 2.45) is 0 Å². The van der Waals surface area contributed by atoms with Crippen LogP contribution in [0.15, 0.2) is 28.7 Å². The second kappa shape index (κ2) is 8.15. The van der Waals surface area contributed by atoms with Crippen LogP contribution in [-0.2, 0) is 0 Å². The number of halogens is 1. The second-order valence-corrected chi connectivity index (χ2v) is 6.52. The molecule has 23 heavy (non-hydrogen) atoms. The summed E-state index contributed by atoms with van der Waals surface area (Å²) in [7, 11) is 0. The molecule has 1 aromatic heterocycles. The number of hydrogen-bond acceptors (Lipinski definition) is 3. The maximum atomic E-state index is 12.1. The summed E-state index contributed by atoms with van der Waals surface area (Å²) < 4.78 is 6.39. The standard InChI is InChI=1S/C17H22BrN3O2/c1-11(2)15-14(18)16(21-20-15)17(22)19-8-5-9-23-13-7-4-6-12(3)10-13/h4,6-7,10-11H,5,8-9H2,1-3H3,(H,19,22)(H,20,21). The number of benzene rings is 1. The van der Waals surface area contributed by atoms with Gasteiger partial charge in [0, 0.05) is 6.54 Å². The molecule has 0 fully saturated rings. The zero-order valence-electron chi connectivity index (χ0n) is 13.6. The summed E-state index contributed by atoms with van der Waals surface area (Å²) in [4.78, 5) is 12.1. The molecule has 0 aliphatic rings. The molecule has 0 atom stereocenters. The van der Waals surface area contributed by atoms with Crippen LogP contribution in [0.25, 0.3) is 0 Å². The first-order valence-corrected chi connectivity index (χ1v) is 8.49. The third-order valence-corrected chi connectivity index (χ3v) is 4.19. The van der Waals surface area contributed by atoms with Crippen LogP contribution in [0.3, 0.4) is 0 Å². The van der Waals surface area contributed by atoms with E-state index in [1.54, 1.807) is 0 Å². The van der Waals surface area contributed by atoms with Gasteiger partial charge in [0.1, 0.15) is 5.75 Å². The maximum Gasteiger partial charge on any atom is 0.272 e. The highest BCUT2D eigenvalue weighted by Gasteiger charge is 2.18. The summed E-state index contributed by atoms with van der Waals surface area (Å²) in [6.45, 7) is 7.22. The van der Waals surface area contributed by atoms with E-state index in [0.717, 1.165) is 22.3 Å². The van der Waals surface area contributed by atoms with Gasteiger partial charge in [0.15, 0.2) is 5.69 Å². The fourth-order valence-corrected chi connectivity index (χ4v) is 2.94. The number of H-pyrrole nitrogens is 1. The molecule has 2 rings (SSSR count). The van der Waals surface area contributed by atoms with Gasteiger partial charge in [-0.3, -0.25) is 9.89 Å². The molecular weight excluding hydrogens is 358 g/mol. The maximum absolute atomic E-state index is 12.1. The number of rotatable bonds is 7. The highest BCUT2D eigenvalue weighted by Crippen LogP contribution is 2.25. The quantitative estimate of drug-likeness (QED) is 0.718. The van der Waals surface area contributed by atoms with E-state index in [0.29, 0.717) is 18.8 Å². The van der Waals surface area contributed by atoms with Gasteiger partial charge in [-0.05, 0) is 52.9 Å². The van der Waals surface area contributed by atoms with Gasteiger partial charge in [-0.15, -0.1) is 0 Å². The summed E-state index contributed by atoms with van der Waals surface area (Å²) in [5, 5.41) is 9.84. The van der Waals surface area contributed by atoms with Gasteiger partial charge >= 0.3 is 0 Å². The minimum Gasteiger partial charge on any atom is -0.494 e. The van der Waals surface area contributed by atoms with Crippen molar-refractivity contribution in [2.45, 2.75) is 33.1 Å². The first-order valence-electron chi connectivity index (χ1n) is 7.70. The van der Waals surface area contributed by atoms with Crippen LogP contribution in [0, 0.1) is 6.92 Å². The van der Waals surface area contributed by atoms with Crippen LogP contribution < -0.4 is 10.1 Å². The lowest BCUT2D eigenvalue weighted by Crippen LogP contribution is -2.26. The fraction of sp³-hybridized carbons (Fsp3) is 0.412. The number of nitrogens with one attached hydrogen (secondary N) is 2. The molecule has 0 unspecified atom stereocenters. The van der Waals surface area contributed by atoms with Crippen molar-refractivity contribution in [1.82, 2.24) is 15.5 Å². The van der Waals surface area contributed by atoms with Gasteiger partial charge in [-0.1, -0.05) is 26.0 Å². The number of carbonyl (C=O) groups is 1. The van der Waals surface area contributed by atoms with E-state index in [1.165, 1.54) is 5.56 Å². The lowest BCUT2D eigenvalue weighted by Gasteiger charge is -2.07. The van der Waals surface area contributed by atoms with Gasteiger partial charge in [-0.2, -0.15) is 5.10 Å². The van der Waals surface area contributed by atoms with Crippen molar-refractivity contribution in [1.29, 1.82) is 0 Å². The Kier molecular flexibility index (Phi) is 6.21. The molecule has 1 amide bonds. The molecule has 1 heterocycles. The lowest BCUT2D eigenvalue weighted by molar-refractivity contribution is 0.0946. The first kappa shape index (κ1) is 17.5. The van der Waals surface area contributed by atoms with E-state index in [4.69, 9.17) is 4.74 Å². The average Bonchev–Trinajstić information content (AvgIpc) is 2.88. The zero-order chi connectivity index (χ0) is 16.8. The molecule has 0 bridgehead atoms. The van der Waals surface area contributed by atoms with Gasteiger partial charge < -0.3 is 10.1 Å². The summed E-state index contributed by atoms with van der Waals surface area (Å²) in [6.07, 6.45) is 0.735. The average molecular weight is 380 g/mol. The Hall–Kier alpha value is -1.82. The monoisotopic (exact) mass is 379 g/mol. The van der Waals surface area contributed by atoms with E-state index >= 15 is 0 Å². The number of ether oxygens (including phenoxy) is 1. The van der Waals surface area contributed by atoms with Crippen LogP contribution in [0.4, 0.5) is 0 Å². The minimum atomic E-state index is -0.185. The van der Waals surface area contributed by atoms with Crippen LogP contribution in [0.1, 0.15) is 47.9 Å². The fourth-order valence-electron chi connectivity index (χ4n) is 2.13. The van der Waals surface area contributed by atoms with Crippen LogP contribution in [0.5, 0.6) is 5.75 Å². The summed E-state index contributed by atoms with van der Waals surface area (Å²) in [5.74, 6) is 0.949. The molecule has 2 N–H and O–H groups in total. The predicted octanol–water partition coefficient (Wildman–Crippen LogP) is 3.80. The van der Waals surface area contributed by atoms with Gasteiger partial charge in [0.2, 0.25) is 0 Å². The number of aromatic amines is 1. The first-order chi connectivity index (χ1) is 11.0. The topological polar surface area (TPSA) is 67.0 Å². The lowest BCUT2D eigenvalue weighted by atomic mass is 10.1. The van der Waals surface area contributed by atoms with Crippen molar-refractivity contribution in [2.75, 3.05) is 13.2 Å². The normalized spacial score (nSPS) is 10.8. The highest BCUT2D eigenvalue weighted by molar-refractivity contribution is 9.10. The summed E-state index contributed by atoms with van der Waals surface area (Å²) >= 11 is 3.43. The molecule has 0 aliphatic carbocycles. The molecule has 2 aromatic rings. The zero-order valence-corrected chi connectivity index (χ0v) is 15.2. The van der Waals surface area contributed by atoms with Gasteiger partial charge in [0.25, 0.3) is 5.91 Å². The van der Waals surface area contributed by atoms with Crippen molar-refractivity contribution in [3.05, 3.63) is 45.7 Å². The predicted molar refractivity (Wildman–Crippen MR) is 94.0 cm³/mol. The van der Waals surface area contributed by atoms with Crippen molar-refractivity contribution in [3.8, 4) is 5.75 Å². The molecule has 124 valence electrons. The van der Waals surface area contributed by atoms with E-state index in [1.807, 2.05) is 45.0 Å². The van der Waals surface area contributed by atoms with Crippen molar-refractivity contribution >= 4 is 21.8 Å². The van der Waals surface area contributed by atoms with E-state index < -0.39 is 0 Å². The number of aromatic nitrogens is 2. The molecule has 0 aliphatic heterocycles. The molecule has 1 aromatic carbocycles. The Morgan fingerprint density at radius 1 is 1.43 bits per heavy atom. The number of hydrogen-bond donors (Lipinski definition) is 2. The van der Waals surface area contributed by atoms with Gasteiger partial charge in [0.05, 0.1) is 16.8 Å². The van der Waals surface area contributed by atoms with Crippen LogP contribution in [0.2, 0.25) is 0 Å². The third kappa shape index (κ3) is 4.82. The Labute approximate surface area is 144 Å². The molecule has 0 saturated heterocycles. The Bertz CT molecular complexity index is 668. The molecule has 5 nitrogen and oxygen atoms in total. The third-order valence-electron chi connectivity index (χ3n) is 3.39. The summed E-state index contributed by atoms with van der Waals surface area (Å²) in [6, 6.07) is 7.92. The Balaban J connectivity index is 1.75. The largest absolute Gasteiger partial charge is 0.494 e. The number of aryl methyl sites for hydroxylation is 1. The Morgan fingerprint density at radius 2 is 2.22 bits per heavy atom. The van der Waals surface area contributed by atoms with Crippen molar-refractivity contribution in [3.63, 3.8) is 0 Å². The van der Waals surface area contributed by atoms with Crippen LogP contribution in [-0.4, -0.2) is 29.3 Å². The van der Waals surface area contributed by atoms with Crippen molar-refractivity contribution < 1.29 is 9.53 Å². The smallest absolute Gasteiger partial charge is 0.272 e. The number of nitrogens with zero attached hydrogens (tertiary/aromatic N) is 1. The molecule has 0 spiro atoms. The molecule has 0 saturated carbocycles. The highest BCUT2D eigenvalue weighted by atomic mass is 79.9. The molecule has 0 radical (unpaired) electrons. The second-order valence-electron chi connectivity index (χ2n) is 5.73. The Morgan fingerprint density at radius 3 is 2.87 bits per heavy atom. The van der Waals surface area contributed by atoms with Crippen LogP contribution >= 0.6 is 15.9 Å². The summed E-state index contributed by atoms with van der Waals surface area (Å²) in [5.41, 5.74) is 2.49. The van der Waals surface area contributed by atoms with Gasteiger partial charge in [-0.25, -0.2) is 0 Å². The van der Waals surface area contributed by atoms with E-state index in [2.05, 4.69) is 31.4 Å². The SMILES string of the molecule is Cc1cccc(OCCCNC(=O)c2n[nH]c(C(C)C)c2Br)c1. The molecular formula is C17H22BrN3O2. The van der Waals surface area contributed by atoms with E-state index in [-0.39, 0.29) is 11.8 Å².